The molecule has 0 saturated heterocycles. The van der Waals surface area contributed by atoms with Crippen LogP contribution in [0.1, 0.15) is 17.8 Å². The molecule has 5 nitrogen and oxygen atoms in total. The van der Waals surface area contributed by atoms with Crippen LogP contribution < -0.4 is 10.5 Å². The maximum absolute atomic E-state index is 12.7. The minimum Gasteiger partial charge on any atom is -0.492 e. The topological polar surface area (TPSA) is 74.4 Å². The summed E-state index contributed by atoms with van der Waals surface area (Å²) in [5, 5.41) is 0. The number of hydrogen-bond donors (Lipinski definition) is 1. The van der Waals surface area contributed by atoms with Gasteiger partial charge in [-0.1, -0.05) is 0 Å². The molecule has 2 N–H and O–H groups in total. The number of carbonyl (C=O) groups excluding carboxylic acids is 1. The summed E-state index contributed by atoms with van der Waals surface area (Å²) in [4.78, 5) is 14.6. The van der Waals surface area contributed by atoms with Gasteiger partial charge in [0.05, 0.1) is 32.0 Å². The molecular formula is C10H12F2N2O3. The summed E-state index contributed by atoms with van der Waals surface area (Å²) in [5.74, 6) is -0.754. The number of aromatic nitrogens is 1. The number of pyridine rings is 1. The Balaban J connectivity index is 3.15. The van der Waals surface area contributed by atoms with E-state index in [1.165, 1.54) is 20.3 Å². The third kappa shape index (κ3) is 3.02. The quantitative estimate of drug-likeness (QED) is 0.811. The molecule has 1 aromatic heterocycles. The molecule has 0 saturated carbocycles. The molecule has 0 spiro atoms. The third-order valence-corrected chi connectivity index (χ3v) is 2.04. The average molecular weight is 246 g/mol. The number of rotatable bonds is 4. The van der Waals surface area contributed by atoms with Crippen molar-refractivity contribution < 1.29 is 23.0 Å². The average Bonchev–Trinajstić information content (AvgIpc) is 2.28. The summed E-state index contributed by atoms with van der Waals surface area (Å²) >= 11 is 0. The monoisotopic (exact) mass is 246 g/mol. The number of methoxy groups -OCH3 is 2. The molecule has 0 fully saturated rings. The summed E-state index contributed by atoms with van der Waals surface area (Å²) in [5.41, 5.74) is 5.09. The van der Waals surface area contributed by atoms with Crippen molar-refractivity contribution in [1.29, 1.82) is 0 Å². The van der Waals surface area contributed by atoms with E-state index < -0.39 is 18.1 Å². The molecule has 94 valence electrons. The van der Waals surface area contributed by atoms with Crippen LogP contribution in [0.4, 0.5) is 14.5 Å². The molecule has 1 aromatic rings. The Morgan fingerprint density at radius 2 is 2.18 bits per heavy atom. The molecule has 0 amide bonds. The summed E-state index contributed by atoms with van der Waals surface area (Å²) in [6, 6.07) is 1.31. The van der Waals surface area contributed by atoms with Crippen molar-refractivity contribution in [1.82, 2.24) is 4.98 Å². The van der Waals surface area contributed by atoms with E-state index in [9.17, 15) is 13.6 Å². The van der Waals surface area contributed by atoms with E-state index in [-0.39, 0.29) is 23.6 Å². The summed E-state index contributed by atoms with van der Waals surface area (Å²) in [6.45, 7) is 0. The van der Waals surface area contributed by atoms with Crippen molar-refractivity contribution >= 4 is 11.7 Å². The van der Waals surface area contributed by atoms with Gasteiger partial charge in [0.25, 0.3) is 6.43 Å². The highest BCUT2D eigenvalue weighted by Gasteiger charge is 2.20. The standard InChI is InChI=1S/C10H12F2N2O3/c1-16-7(15)4-5-3-6(13)9(17-2)8(14-5)10(11)12/h3,10H,4H2,1-2H3,(H2,13,14). The molecule has 0 bridgehead atoms. The zero-order valence-corrected chi connectivity index (χ0v) is 9.37. The Morgan fingerprint density at radius 1 is 1.53 bits per heavy atom. The van der Waals surface area contributed by atoms with Gasteiger partial charge in [-0.25, -0.2) is 13.8 Å². The number of nitrogens with two attached hydrogens (primary N) is 1. The van der Waals surface area contributed by atoms with Crippen LogP contribution in [-0.4, -0.2) is 25.2 Å². The third-order valence-electron chi connectivity index (χ3n) is 2.04. The lowest BCUT2D eigenvalue weighted by Crippen LogP contribution is -2.10. The van der Waals surface area contributed by atoms with Crippen LogP contribution in [0.3, 0.4) is 0 Å². The van der Waals surface area contributed by atoms with E-state index >= 15 is 0 Å². The summed E-state index contributed by atoms with van der Waals surface area (Å²) in [6.07, 6.45) is -3.05. The Morgan fingerprint density at radius 3 is 2.65 bits per heavy atom. The van der Waals surface area contributed by atoms with E-state index in [1.807, 2.05) is 0 Å². The van der Waals surface area contributed by atoms with E-state index in [1.54, 1.807) is 0 Å². The second-order valence-electron chi connectivity index (χ2n) is 3.17. The van der Waals surface area contributed by atoms with Crippen molar-refractivity contribution in [3.8, 4) is 5.75 Å². The van der Waals surface area contributed by atoms with Gasteiger partial charge in [-0.05, 0) is 6.07 Å². The number of nitrogen functional groups attached to an aromatic ring is 1. The van der Waals surface area contributed by atoms with Gasteiger partial charge in [-0.2, -0.15) is 0 Å². The van der Waals surface area contributed by atoms with Crippen molar-refractivity contribution in [2.45, 2.75) is 12.8 Å². The molecule has 7 heteroatoms. The maximum Gasteiger partial charge on any atom is 0.311 e. The van der Waals surface area contributed by atoms with E-state index in [0.717, 1.165) is 0 Å². The Labute approximate surface area is 96.5 Å². The molecule has 1 rings (SSSR count). The molecule has 1 heterocycles. The normalized spacial score (nSPS) is 10.4. The number of esters is 1. The number of alkyl halides is 2. The van der Waals surface area contributed by atoms with Gasteiger partial charge < -0.3 is 15.2 Å². The van der Waals surface area contributed by atoms with Crippen LogP contribution in [0.25, 0.3) is 0 Å². The van der Waals surface area contributed by atoms with Crippen LogP contribution in [0.5, 0.6) is 5.75 Å². The molecule has 0 unspecified atom stereocenters. The summed E-state index contributed by atoms with van der Waals surface area (Å²) in [7, 11) is 2.42. The first-order valence-electron chi connectivity index (χ1n) is 4.67. The Bertz CT molecular complexity index is 424. The number of ether oxygens (including phenoxy) is 2. The number of carbonyl (C=O) groups is 1. The summed E-state index contributed by atoms with van der Waals surface area (Å²) < 4.78 is 34.5. The fourth-order valence-electron chi connectivity index (χ4n) is 1.31. The van der Waals surface area contributed by atoms with Crippen LogP contribution in [0.2, 0.25) is 0 Å². The fourth-order valence-corrected chi connectivity index (χ4v) is 1.31. The lowest BCUT2D eigenvalue weighted by Gasteiger charge is -2.11. The lowest BCUT2D eigenvalue weighted by molar-refractivity contribution is -0.139. The van der Waals surface area contributed by atoms with E-state index in [4.69, 9.17) is 10.5 Å². The number of nitrogens with zero attached hydrogens (tertiary/aromatic N) is 1. The Hall–Kier alpha value is -1.92. The molecule has 0 atom stereocenters. The minimum atomic E-state index is -2.83. The van der Waals surface area contributed by atoms with Gasteiger partial charge in [-0.15, -0.1) is 0 Å². The van der Waals surface area contributed by atoms with Crippen LogP contribution in [0.15, 0.2) is 6.07 Å². The van der Waals surface area contributed by atoms with E-state index in [2.05, 4.69) is 9.72 Å². The highest BCUT2D eigenvalue weighted by atomic mass is 19.3. The molecule has 17 heavy (non-hydrogen) atoms. The van der Waals surface area contributed by atoms with Crippen molar-refractivity contribution in [2.24, 2.45) is 0 Å². The van der Waals surface area contributed by atoms with Gasteiger partial charge in [0.2, 0.25) is 0 Å². The minimum absolute atomic E-state index is 0.0108. The number of hydrogen-bond acceptors (Lipinski definition) is 5. The van der Waals surface area contributed by atoms with Gasteiger partial charge in [0.15, 0.2) is 11.4 Å². The van der Waals surface area contributed by atoms with Gasteiger partial charge in [0, 0.05) is 0 Å². The number of halogens is 2. The highest BCUT2D eigenvalue weighted by Crippen LogP contribution is 2.32. The van der Waals surface area contributed by atoms with Crippen LogP contribution in [-0.2, 0) is 16.0 Å². The zero-order valence-electron chi connectivity index (χ0n) is 9.37. The fraction of sp³-hybridized carbons (Fsp3) is 0.400. The zero-order chi connectivity index (χ0) is 13.0. The maximum atomic E-state index is 12.7. The van der Waals surface area contributed by atoms with E-state index in [0.29, 0.717) is 0 Å². The Kier molecular flexibility index (Phi) is 4.19. The van der Waals surface area contributed by atoms with Crippen molar-refractivity contribution in [2.75, 3.05) is 20.0 Å². The second kappa shape index (κ2) is 5.42. The predicted octanol–water partition coefficient (Wildman–Crippen LogP) is 1.33. The molecule has 0 radical (unpaired) electrons. The van der Waals surface area contributed by atoms with Gasteiger partial charge in [-0.3, -0.25) is 4.79 Å². The molecule has 0 aliphatic heterocycles. The largest absolute Gasteiger partial charge is 0.492 e. The highest BCUT2D eigenvalue weighted by molar-refractivity contribution is 5.72. The molecular weight excluding hydrogens is 234 g/mol. The first-order valence-corrected chi connectivity index (χ1v) is 4.67. The lowest BCUT2D eigenvalue weighted by atomic mass is 10.2. The van der Waals surface area contributed by atoms with Crippen molar-refractivity contribution in [3.63, 3.8) is 0 Å². The molecule has 0 aliphatic carbocycles. The SMILES string of the molecule is COC(=O)Cc1cc(N)c(OC)c(C(F)F)n1. The first-order chi connectivity index (χ1) is 7.99. The second-order valence-corrected chi connectivity index (χ2v) is 3.17. The predicted molar refractivity (Wildman–Crippen MR) is 55.9 cm³/mol. The smallest absolute Gasteiger partial charge is 0.311 e. The van der Waals surface area contributed by atoms with Gasteiger partial charge in [0.1, 0.15) is 0 Å². The number of anilines is 1. The van der Waals surface area contributed by atoms with Crippen molar-refractivity contribution in [3.05, 3.63) is 17.5 Å². The van der Waals surface area contributed by atoms with Crippen LogP contribution in [0, 0.1) is 0 Å². The first kappa shape index (κ1) is 13.1. The molecule has 0 aromatic carbocycles. The van der Waals surface area contributed by atoms with Gasteiger partial charge >= 0.3 is 5.97 Å². The molecule has 0 aliphatic rings. The van der Waals surface area contributed by atoms with Crippen LogP contribution >= 0.6 is 0 Å².